The van der Waals surface area contributed by atoms with E-state index in [0.717, 1.165) is 41.0 Å². The van der Waals surface area contributed by atoms with Crippen molar-refractivity contribution in [1.82, 2.24) is 14.5 Å². The third kappa shape index (κ3) is 4.62. The third-order valence-electron chi connectivity index (χ3n) is 5.99. The molecular formula is C23H26N4O3S2. The van der Waals surface area contributed by atoms with E-state index in [9.17, 15) is 9.59 Å². The number of aryl methyl sites for hydroxylation is 2. The van der Waals surface area contributed by atoms with Crippen molar-refractivity contribution in [3.8, 4) is 6.07 Å². The number of rotatable bonds is 8. The number of hydrogen-bond acceptors (Lipinski definition) is 7. The van der Waals surface area contributed by atoms with Crippen molar-refractivity contribution < 1.29 is 9.21 Å². The maximum atomic E-state index is 13.5. The van der Waals surface area contributed by atoms with E-state index >= 15 is 0 Å². The van der Waals surface area contributed by atoms with Gasteiger partial charge in [0.15, 0.2) is 5.16 Å². The molecule has 1 amide bonds. The van der Waals surface area contributed by atoms with Gasteiger partial charge in [-0.15, -0.1) is 11.3 Å². The molecule has 0 bridgehead atoms. The lowest BCUT2D eigenvalue weighted by Crippen LogP contribution is -2.33. The zero-order chi connectivity index (χ0) is 22.7. The first-order valence-corrected chi connectivity index (χ1v) is 12.6. The minimum Gasteiger partial charge on any atom is -0.467 e. The lowest BCUT2D eigenvalue weighted by molar-refractivity contribution is -0.129. The maximum absolute atomic E-state index is 13.5. The minimum absolute atomic E-state index is 0.00983. The first kappa shape index (κ1) is 22.6. The number of nitriles is 1. The summed E-state index contributed by atoms with van der Waals surface area (Å²) in [6.07, 6.45) is 5.95. The Labute approximate surface area is 195 Å². The second-order valence-electron chi connectivity index (χ2n) is 8.06. The molecule has 0 spiro atoms. The van der Waals surface area contributed by atoms with E-state index in [2.05, 4.69) is 6.07 Å². The van der Waals surface area contributed by atoms with Gasteiger partial charge in [0, 0.05) is 17.5 Å². The van der Waals surface area contributed by atoms with Gasteiger partial charge in [-0.25, -0.2) is 4.98 Å². The number of carbonyl (C=O) groups is 1. The SMILES string of the molecule is Cc1sc2nc(SCC(=O)N(CCC#N)Cc3ccco3)n(C3CCCC3)c(=O)c2c1C. The molecule has 1 saturated carbocycles. The fourth-order valence-electron chi connectivity index (χ4n) is 4.16. The molecule has 0 unspecified atom stereocenters. The van der Waals surface area contributed by atoms with Gasteiger partial charge in [0.05, 0.1) is 36.4 Å². The van der Waals surface area contributed by atoms with E-state index in [1.165, 1.54) is 23.1 Å². The molecule has 9 heteroatoms. The Morgan fingerprint density at radius 2 is 2.19 bits per heavy atom. The normalized spacial score (nSPS) is 14.2. The van der Waals surface area contributed by atoms with Crippen molar-refractivity contribution in [1.29, 1.82) is 5.26 Å². The van der Waals surface area contributed by atoms with Crippen LogP contribution in [-0.4, -0.2) is 32.7 Å². The number of carbonyl (C=O) groups excluding carboxylic acids is 1. The van der Waals surface area contributed by atoms with Gasteiger partial charge in [-0.1, -0.05) is 24.6 Å². The molecule has 3 aromatic heterocycles. The highest BCUT2D eigenvalue weighted by atomic mass is 32.2. The van der Waals surface area contributed by atoms with E-state index in [0.29, 0.717) is 29.4 Å². The zero-order valence-electron chi connectivity index (χ0n) is 18.3. The molecule has 0 radical (unpaired) electrons. The number of nitrogens with zero attached hydrogens (tertiary/aromatic N) is 4. The van der Waals surface area contributed by atoms with Crippen LogP contribution in [0.1, 0.15) is 54.3 Å². The molecule has 0 aromatic carbocycles. The Kier molecular flexibility index (Phi) is 7.01. The van der Waals surface area contributed by atoms with Crippen LogP contribution in [0, 0.1) is 25.2 Å². The fourth-order valence-corrected chi connectivity index (χ4v) is 6.20. The van der Waals surface area contributed by atoms with E-state index in [1.807, 2.05) is 24.5 Å². The Bertz CT molecular complexity index is 1200. The van der Waals surface area contributed by atoms with Crippen LogP contribution >= 0.6 is 23.1 Å². The van der Waals surface area contributed by atoms with Crippen molar-refractivity contribution in [3.63, 3.8) is 0 Å². The van der Waals surface area contributed by atoms with Crippen molar-refractivity contribution in [3.05, 3.63) is 45.0 Å². The van der Waals surface area contributed by atoms with Crippen LogP contribution in [0.25, 0.3) is 10.2 Å². The van der Waals surface area contributed by atoms with Crippen LogP contribution in [0.15, 0.2) is 32.8 Å². The second-order valence-corrected chi connectivity index (χ2v) is 10.2. The highest BCUT2D eigenvalue weighted by Crippen LogP contribution is 2.34. The van der Waals surface area contributed by atoms with E-state index in [1.54, 1.807) is 17.2 Å². The molecule has 4 rings (SSSR count). The van der Waals surface area contributed by atoms with Crippen molar-refractivity contribution >= 4 is 39.2 Å². The summed E-state index contributed by atoms with van der Waals surface area (Å²) in [5, 5.41) is 10.3. The van der Waals surface area contributed by atoms with Crippen molar-refractivity contribution in [2.75, 3.05) is 12.3 Å². The van der Waals surface area contributed by atoms with Crippen LogP contribution in [0.3, 0.4) is 0 Å². The number of amides is 1. The van der Waals surface area contributed by atoms with Crippen LogP contribution in [0.4, 0.5) is 0 Å². The number of aromatic nitrogens is 2. The zero-order valence-corrected chi connectivity index (χ0v) is 19.9. The van der Waals surface area contributed by atoms with Gasteiger partial charge < -0.3 is 9.32 Å². The largest absolute Gasteiger partial charge is 0.467 e. The van der Waals surface area contributed by atoms with Gasteiger partial charge in [-0.05, 0) is 44.4 Å². The average Bonchev–Trinajstić information content (AvgIpc) is 3.53. The van der Waals surface area contributed by atoms with Gasteiger partial charge in [0.1, 0.15) is 10.6 Å². The molecule has 32 heavy (non-hydrogen) atoms. The van der Waals surface area contributed by atoms with Gasteiger partial charge in [0.2, 0.25) is 5.91 Å². The summed E-state index contributed by atoms with van der Waals surface area (Å²) in [4.78, 5) is 34.8. The molecule has 1 aliphatic carbocycles. The average molecular weight is 471 g/mol. The molecule has 7 nitrogen and oxygen atoms in total. The Morgan fingerprint density at radius 1 is 1.41 bits per heavy atom. The van der Waals surface area contributed by atoms with Gasteiger partial charge in [-0.2, -0.15) is 5.26 Å². The molecule has 0 N–H and O–H groups in total. The van der Waals surface area contributed by atoms with E-state index in [-0.39, 0.29) is 29.7 Å². The molecule has 0 atom stereocenters. The fraction of sp³-hybridized carbons (Fsp3) is 0.478. The third-order valence-corrected chi connectivity index (χ3v) is 8.03. The lowest BCUT2D eigenvalue weighted by Gasteiger charge is -2.21. The second kappa shape index (κ2) is 9.92. The molecule has 0 saturated heterocycles. The highest BCUT2D eigenvalue weighted by molar-refractivity contribution is 7.99. The Morgan fingerprint density at radius 3 is 2.88 bits per heavy atom. The summed E-state index contributed by atoms with van der Waals surface area (Å²) in [5.41, 5.74) is 1.01. The summed E-state index contributed by atoms with van der Waals surface area (Å²) >= 11 is 2.85. The van der Waals surface area contributed by atoms with Crippen LogP contribution < -0.4 is 5.56 Å². The van der Waals surface area contributed by atoms with Crippen LogP contribution in [0.5, 0.6) is 0 Å². The monoisotopic (exact) mass is 470 g/mol. The summed E-state index contributed by atoms with van der Waals surface area (Å²) in [6.45, 7) is 4.65. The molecular weight excluding hydrogens is 444 g/mol. The van der Waals surface area contributed by atoms with Crippen LogP contribution in [-0.2, 0) is 11.3 Å². The van der Waals surface area contributed by atoms with E-state index < -0.39 is 0 Å². The smallest absolute Gasteiger partial charge is 0.263 e. The topological polar surface area (TPSA) is 92.1 Å². The summed E-state index contributed by atoms with van der Waals surface area (Å²) < 4.78 is 7.21. The predicted octanol–water partition coefficient (Wildman–Crippen LogP) is 4.82. The first-order chi connectivity index (χ1) is 15.5. The standard InChI is InChI=1S/C23H26N4O3S2/c1-15-16(2)32-21-20(15)22(29)27(17-7-3-4-8-17)23(25-21)31-14-19(28)26(11-6-10-24)13-18-9-5-12-30-18/h5,9,12,17H,3-4,6-8,11,13-14H2,1-2H3. The Hall–Kier alpha value is -2.57. The maximum Gasteiger partial charge on any atom is 0.263 e. The summed E-state index contributed by atoms with van der Waals surface area (Å²) in [5.74, 6) is 0.723. The molecule has 3 aromatic rings. The highest BCUT2D eigenvalue weighted by Gasteiger charge is 2.26. The van der Waals surface area contributed by atoms with Gasteiger partial charge in [0.25, 0.3) is 5.56 Å². The quantitative estimate of drug-likeness (QED) is 0.346. The number of thioether (sulfide) groups is 1. The molecule has 3 heterocycles. The first-order valence-electron chi connectivity index (χ1n) is 10.8. The summed E-state index contributed by atoms with van der Waals surface area (Å²) in [6, 6.07) is 5.83. The van der Waals surface area contributed by atoms with Gasteiger partial charge >= 0.3 is 0 Å². The lowest BCUT2D eigenvalue weighted by atomic mass is 10.2. The number of hydrogen-bond donors (Lipinski definition) is 0. The molecule has 1 fully saturated rings. The molecule has 168 valence electrons. The van der Waals surface area contributed by atoms with Gasteiger partial charge in [-0.3, -0.25) is 14.2 Å². The van der Waals surface area contributed by atoms with Crippen molar-refractivity contribution in [2.45, 2.75) is 63.7 Å². The molecule has 1 aliphatic rings. The summed E-state index contributed by atoms with van der Waals surface area (Å²) in [7, 11) is 0. The minimum atomic E-state index is -0.104. The predicted molar refractivity (Wildman–Crippen MR) is 126 cm³/mol. The van der Waals surface area contributed by atoms with E-state index in [4.69, 9.17) is 14.7 Å². The van der Waals surface area contributed by atoms with Crippen molar-refractivity contribution in [2.24, 2.45) is 0 Å². The number of furan rings is 1. The van der Waals surface area contributed by atoms with Crippen LogP contribution in [0.2, 0.25) is 0 Å². The Balaban J connectivity index is 1.61. The number of fused-ring (bicyclic) bond motifs is 1. The molecule has 0 aliphatic heterocycles. The number of thiophene rings is 1.